The van der Waals surface area contributed by atoms with Crippen LogP contribution in [-0.4, -0.2) is 11.9 Å². The van der Waals surface area contributed by atoms with Gasteiger partial charge in [-0.3, -0.25) is 0 Å². The number of carbonyl (C=O) groups is 2. The van der Waals surface area contributed by atoms with E-state index in [1.54, 1.807) is 27.7 Å². The zero-order chi connectivity index (χ0) is 13.5. The van der Waals surface area contributed by atoms with Crippen molar-refractivity contribution in [2.45, 2.75) is 41.5 Å². The Morgan fingerprint density at radius 1 is 0.647 bits per heavy atom. The topological polar surface area (TPSA) is 80.3 Å². The molecule has 0 fully saturated rings. The first kappa shape index (κ1) is 21.3. The molecule has 4 nitrogen and oxygen atoms in total. The van der Waals surface area contributed by atoms with Crippen molar-refractivity contribution in [3.8, 4) is 0 Å². The van der Waals surface area contributed by atoms with E-state index < -0.39 is 11.9 Å². The molecule has 92 valence electrons. The summed E-state index contributed by atoms with van der Waals surface area (Å²) >= 11 is 0. The zero-order valence-electron chi connectivity index (χ0n) is 11.3. The average Bonchev–Trinajstić information content (AvgIpc) is 2.15. The Hall–Kier alpha value is -0.957. The van der Waals surface area contributed by atoms with Crippen LogP contribution in [0.2, 0.25) is 0 Å². The van der Waals surface area contributed by atoms with Crippen molar-refractivity contribution in [3.05, 3.63) is 22.3 Å². The summed E-state index contributed by atoms with van der Waals surface area (Å²) in [6.07, 6.45) is 0. The van der Waals surface area contributed by atoms with Crippen molar-refractivity contribution in [1.82, 2.24) is 0 Å². The fourth-order valence-corrected chi connectivity index (χ4v) is 0.408. The van der Waals surface area contributed by atoms with Gasteiger partial charge in [-0.2, -0.15) is 0 Å². The molecule has 0 N–H and O–H groups in total. The molecule has 5 heteroatoms. The van der Waals surface area contributed by atoms with Crippen LogP contribution >= 0.6 is 0 Å². The molecule has 0 unspecified atom stereocenters. The smallest absolute Gasteiger partial charge is 0.545 e. The minimum absolute atomic E-state index is 0. The van der Waals surface area contributed by atoms with E-state index in [0.29, 0.717) is 11.1 Å². The van der Waals surface area contributed by atoms with Crippen LogP contribution in [0.4, 0.5) is 0 Å². The number of carbonyl (C=O) groups excluding carboxylic acids is 2. The average molecular weight is 292 g/mol. The van der Waals surface area contributed by atoms with Crippen molar-refractivity contribution in [1.29, 1.82) is 0 Å². The van der Waals surface area contributed by atoms with Crippen LogP contribution in [0.3, 0.4) is 0 Å². The molecule has 0 aliphatic heterocycles. The van der Waals surface area contributed by atoms with Gasteiger partial charge < -0.3 is 19.8 Å². The number of hydrogen-bond donors (Lipinski definition) is 0. The summed E-state index contributed by atoms with van der Waals surface area (Å²) in [5.74, 6) is -2.16. The molecule has 0 aliphatic rings. The van der Waals surface area contributed by atoms with E-state index in [-0.39, 0.29) is 19.5 Å². The van der Waals surface area contributed by atoms with E-state index in [1.165, 1.54) is 13.8 Å². The number of rotatable bonds is 2. The molecule has 0 atom stereocenters. The second kappa shape index (κ2) is 10.2. The van der Waals surface area contributed by atoms with Gasteiger partial charge in [-0.15, -0.1) is 0 Å². The molecular formula is C12H18O4Zn. The summed E-state index contributed by atoms with van der Waals surface area (Å²) in [5, 5.41) is 19.9. The van der Waals surface area contributed by atoms with Crippen LogP contribution < -0.4 is 10.2 Å². The summed E-state index contributed by atoms with van der Waals surface area (Å²) in [4.78, 5) is 19.9. The minimum Gasteiger partial charge on any atom is -0.545 e. The first-order valence-corrected chi connectivity index (χ1v) is 4.82. The van der Waals surface area contributed by atoms with Gasteiger partial charge in [0.25, 0.3) is 0 Å². The molecule has 0 radical (unpaired) electrons. The predicted molar refractivity (Wildman–Crippen MR) is 58.1 cm³/mol. The van der Waals surface area contributed by atoms with Gasteiger partial charge in [0.1, 0.15) is 0 Å². The third-order valence-electron chi connectivity index (χ3n) is 2.11. The maximum atomic E-state index is 9.97. The Morgan fingerprint density at radius 3 is 0.824 bits per heavy atom. The van der Waals surface area contributed by atoms with Gasteiger partial charge in [0.05, 0.1) is 11.9 Å². The Bertz CT molecular complexity index is 298. The van der Waals surface area contributed by atoms with Crippen LogP contribution in [-0.2, 0) is 29.1 Å². The maximum Gasteiger partial charge on any atom is 2.00 e. The first-order chi connectivity index (χ1) is 7.11. The van der Waals surface area contributed by atoms with Gasteiger partial charge in [-0.25, -0.2) is 0 Å². The molecule has 0 rings (SSSR count). The number of aliphatic carboxylic acids is 2. The molecule has 0 heterocycles. The van der Waals surface area contributed by atoms with Crippen LogP contribution in [0.5, 0.6) is 0 Å². The van der Waals surface area contributed by atoms with E-state index in [9.17, 15) is 19.8 Å². The second-order valence-electron chi connectivity index (χ2n) is 3.82. The van der Waals surface area contributed by atoms with Crippen molar-refractivity contribution in [3.63, 3.8) is 0 Å². The Labute approximate surface area is 115 Å². The predicted octanol–water partition coefficient (Wildman–Crippen LogP) is 0.183. The van der Waals surface area contributed by atoms with Gasteiger partial charge in [0, 0.05) is 0 Å². The van der Waals surface area contributed by atoms with E-state index in [1.807, 2.05) is 0 Å². The van der Waals surface area contributed by atoms with E-state index >= 15 is 0 Å². The molecule has 0 aromatic carbocycles. The van der Waals surface area contributed by atoms with E-state index in [0.717, 1.165) is 11.1 Å². The van der Waals surface area contributed by atoms with Crippen molar-refractivity contribution >= 4 is 11.9 Å². The Kier molecular flexibility index (Phi) is 12.8. The van der Waals surface area contributed by atoms with E-state index in [4.69, 9.17) is 0 Å². The molecule has 0 saturated heterocycles. The third kappa shape index (κ3) is 11.3. The SMILES string of the molecule is CC(C)=C(C)C(=O)[O-].CC(C)=C(C)C(=O)[O-].[Zn+2]. The Morgan fingerprint density at radius 2 is 0.824 bits per heavy atom. The molecule has 0 bridgehead atoms. The largest absolute Gasteiger partial charge is 2.00 e. The van der Waals surface area contributed by atoms with Crippen molar-refractivity contribution in [2.24, 2.45) is 0 Å². The van der Waals surface area contributed by atoms with Gasteiger partial charge in [-0.05, 0) is 52.7 Å². The molecular weight excluding hydrogens is 274 g/mol. The zero-order valence-corrected chi connectivity index (χ0v) is 14.3. The second-order valence-corrected chi connectivity index (χ2v) is 3.82. The normalized spacial score (nSPS) is 7.88. The van der Waals surface area contributed by atoms with Gasteiger partial charge >= 0.3 is 19.5 Å². The summed E-state index contributed by atoms with van der Waals surface area (Å²) in [7, 11) is 0. The maximum absolute atomic E-state index is 9.97. The van der Waals surface area contributed by atoms with Crippen LogP contribution in [0.25, 0.3) is 0 Å². The quantitative estimate of drug-likeness (QED) is 0.537. The minimum atomic E-state index is -1.08. The third-order valence-corrected chi connectivity index (χ3v) is 2.11. The molecule has 0 aromatic rings. The van der Waals surface area contributed by atoms with Crippen molar-refractivity contribution in [2.75, 3.05) is 0 Å². The van der Waals surface area contributed by atoms with Crippen LogP contribution in [0.1, 0.15) is 41.5 Å². The number of hydrogen-bond acceptors (Lipinski definition) is 4. The molecule has 0 amide bonds. The molecule has 0 spiro atoms. The summed E-state index contributed by atoms with van der Waals surface area (Å²) in [6.45, 7) is 10.0. The van der Waals surface area contributed by atoms with Crippen LogP contribution in [0, 0.1) is 0 Å². The monoisotopic (exact) mass is 290 g/mol. The standard InChI is InChI=1S/2C6H10O2.Zn/c2*1-4(2)5(3)6(7)8;/h2*1-3H3,(H,7,8);/q;;+2/p-2. The van der Waals surface area contributed by atoms with E-state index in [2.05, 4.69) is 0 Å². The molecule has 0 saturated carbocycles. The summed E-state index contributed by atoms with van der Waals surface area (Å²) < 4.78 is 0. The molecule has 0 aliphatic carbocycles. The fourth-order valence-electron chi connectivity index (χ4n) is 0.408. The van der Waals surface area contributed by atoms with Crippen molar-refractivity contribution < 1.29 is 39.3 Å². The molecule has 17 heavy (non-hydrogen) atoms. The Balaban J connectivity index is -0.000000218. The van der Waals surface area contributed by atoms with Gasteiger partial charge in [0.15, 0.2) is 0 Å². The van der Waals surface area contributed by atoms with Crippen LogP contribution in [0.15, 0.2) is 22.3 Å². The molecule has 0 aromatic heterocycles. The van der Waals surface area contributed by atoms with Gasteiger partial charge in [-0.1, -0.05) is 11.1 Å². The van der Waals surface area contributed by atoms with Gasteiger partial charge in [0.2, 0.25) is 0 Å². The first-order valence-electron chi connectivity index (χ1n) is 4.82. The summed E-state index contributed by atoms with van der Waals surface area (Å²) in [6, 6.07) is 0. The summed E-state index contributed by atoms with van der Waals surface area (Å²) in [5.41, 5.74) is 2.24. The fraction of sp³-hybridized carbons (Fsp3) is 0.500. The number of carboxylic acids is 2. The number of carboxylic acid groups (broad SMARTS) is 2. The number of allylic oxidation sites excluding steroid dienone is 2.